The van der Waals surface area contributed by atoms with E-state index >= 15 is 0 Å². The summed E-state index contributed by atoms with van der Waals surface area (Å²) < 4.78 is 5.16. The van der Waals surface area contributed by atoms with E-state index in [1.54, 1.807) is 0 Å². The minimum absolute atomic E-state index is 0.391. The van der Waals surface area contributed by atoms with E-state index in [2.05, 4.69) is 10.1 Å². The normalized spacial score (nSPS) is 25.3. The quantitative estimate of drug-likeness (QED) is 0.841. The number of rotatable bonds is 4. The van der Waals surface area contributed by atoms with Crippen molar-refractivity contribution in [3.05, 3.63) is 11.7 Å². The van der Waals surface area contributed by atoms with Crippen molar-refractivity contribution >= 4 is 5.97 Å². The highest BCUT2D eigenvalue weighted by Gasteiger charge is 2.33. The van der Waals surface area contributed by atoms with Gasteiger partial charge in [0.1, 0.15) is 6.04 Å². The van der Waals surface area contributed by atoms with Crippen LogP contribution in [-0.4, -0.2) is 38.7 Å². The molecular weight excluding hydrogens is 222 g/mol. The standard InChI is InChI=1S/C11H15N3O3/c15-11(16)8-2-1-5-14(8)6-9-12-10(17-13-9)7-3-4-7/h7-8H,1-6H2,(H,15,16). The molecule has 92 valence electrons. The van der Waals surface area contributed by atoms with Crippen LogP contribution in [0.4, 0.5) is 0 Å². The van der Waals surface area contributed by atoms with E-state index in [4.69, 9.17) is 9.63 Å². The van der Waals surface area contributed by atoms with E-state index in [1.807, 2.05) is 4.90 Å². The number of hydrogen-bond donors (Lipinski definition) is 1. The molecule has 0 radical (unpaired) electrons. The van der Waals surface area contributed by atoms with Crippen LogP contribution < -0.4 is 0 Å². The Morgan fingerprint density at radius 1 is 1.47 bits per heavy atom. The average molecular weight is 237 g/mol. The lowest BCUT2D eigenvalue weighted by molar-refractivity contribution is -0.142. The topological polar surface area (TPSA) is 79.5 Å². The summed E-state index contributed by atoms with van der Waals surface area (Å²) in [6.07, 6.45) is 3.89. The van der Waals surface area contributed by atoms with Gasteiger partial charge in [-0.3, -0.25) is 9.69 Å². The highest BCUT2D eigenvalue weighted by Crippen LogP contribution is 2.38. The maximum atomic E-state index is 11.0. The van der Waals surface area contributed by atoms with E-state index < -0.39 is 12.0 Å². The second-order valence-electron chi connectivity index (χ2n) is 4.79. The molecule has 1 aliphatic heterocycles. The number of hydrogen-bond acceptors (Lipinski definition) is 5. The number of carboxylic acids is 1. The third-order valence-corrected chi connectivity index (χ3v) is 3.40. The number of aliphatic carboxylic acids is 1. The summed E-state index contributed by atoms with van der Waals surface area (Å²) in [5.41, 5.74) is 0. The Morgan fingerprint density at radius 2 is 2.29 bits per heavy atom. The van der Waals surface area contributed by atoms with Crippen molar-refractivity contribution < 1.29 is 14.4 Å². The predicted octanol–water partition coefficient (Wildman–Crippen LogP) is 0.996. The molecule has 3 rings (SSSR count). The Hall–Kier alpha value is -1.43. The number of carbonyl (C=O) groups is 1. The van der Waals surface area contributed by atoms with Crippen LogP contribution in [0.15, 0.2) is 4.52 Å². The van der Waals surface area contributed by atoms with Crippen LogP contribution in [-0.2, 0) is 11.3 Å². The van der Waals surface area contributed by atoms with Gasteiger partial charge in [0.15, 0.2) is 5.82 Å². The molecular formula is C11H15N3O3. The van der Waals surface area contributed by atoms with Crippen LogP contribution in [0.5, 0.6) is 0 Å². The van der Waals surface area contributed by atoms with Gasteiger partial charge in [-0.05, 0) is 32.2 Å². The Bertz CT molecular complexity index is 427. The van der Waals surface area contributed by atoms with Crippen molar-refractivity contribution in [3.63, 3.8) is 0 Å². The molecule has 17 heavy (non-hydrogen) atoms. The molecule has 0 aromatic carbocycles. The minimum atomic E-state index is -0.756. The van der Waals surface area contributed by atoms with Gasteiger partial charge in [0.05, 0.1) is 6.54 Å². The summed E-state index contributed by atoms with van der Waals surface area (Å²) in [5.74, 6) is 1.02. The fourth-order valence-corrected chi connectivity index (χ4v) is 2.30. The second kappa shape index (κ2) is 4.10. The molecule has 1 aromatic heterocycles. The van der Waals surface area contributed by atoms with Crippen LogP contribution >= 0.6 is 0 Å². The van der Waals surface area contributed by atoms with Gasteiger partial charge in [0, 0.05) is 5.92 Å². The van der Waals surface area contributed by atoms with Gasteiger partial charge < -0.3 is 9.63 Å². The summed E-state index contributed by atoms with van der Waals surface area (Å²) in [4.78, 5) is 17.2. The summed E-state index contributed by atoms with van der Waals surface area (Å²) in [6.45, 7) is 1.28. The highest BCUT2D eigenvalue weighted by atomic mass is 16.5. The van der Waals surface area contributed by atoms with Crippen molar-refractivity contribution in [1.82, 2.24) is 15.0 Å². The van der Waals surface area contributed by atoms with Gasteiger partial charge in [0.2, 0.25) is 5.89 Å². The van der Waals surface area contributed by atoms with Crippen LogP contribution in [0, 0.1) is 0 Å². The van der Waals surface area contributed by atoms with Crippen molar-refractivity contribution in [1.29, 1.82) is 0 Å². The lowest BCUT2D eigenvalue weighted by atomic mass is 10.2. The van der Waals surface area contributed by atoms with E-state index in [1.165, 1.54) is 0 Å². The van der Waals surface area contributed by atoms with Crippen molar-refractivity contribution in [2.45, 2.75) is 44.2 Å². The van der Waals surface area contributed by atoms with Crippen LogP contribution in [0.2, 0.25) is 0 Å². The Balaban J connectivity index is 1.66. The molecule has 1 atom stereocenters. The average Bonchev–Trinajstić information content (AvgIpc) is 2.87. The lowest BCUT2D eigenvalue weighted by Crippen LogP contribution is -2.35. The number of aromatic nitrogens is 2. The number of nitrogens with zero attached hydrogens (tertiary/aromatic N) is 3. The van der Waals surface area contributed by atoms with E-state index in [0.717, 1.165) is 25.8 Å². The van der Waals surface area contributed by atoms with Crippen LogP contribution in [0.3, 0.4) is 0 Å². The van der Waals surface area contributed by atoms with Crippen molar-refractivity contribution in [2.75, 3.05) is 6.54 Å². The first kappa shape index (κ1) is 10.7. The molecule has 1 saturated heterocycles. The smallest absolute Gasteiger partial charge is 0.320 e. The van der Waals surface area contributed by atoms with Crippen molar-refractivity contribution in [3.8, 4) is 0 Å². The van der Waals surface area contributed by atoms with Crippen LogP contribution in [0.1, 0.15) is 43.3 Å². The van der Waals surface area contributed by atoms with Gasteiger partial charge in [0.25, 0.3) is 0 Å². The molecule has 1 saturated carbocycles. The SMILES string of the molecule is O=C(O)C1CCCN1Cc1noc(C2CC2)n1. The molecule has 1 aromatic rings. The number of likely N-dealkylation sites (tertiary alicyclic amines) is 1. The minimum Gasteiger partial charge on any atom is -0.480 e. The first-order chi connectivity index (χ1) is 8.24. The molecule has 6 heteroatoms. The highest BCUT2D eigenvalue weighted by molar-refractivity contribution is 5.73. The fraction of sp³-hybridized carbons (Fsp3) is 0.727. The largest absolute Gasteiger partial charge is 0.480 e. The molecule has 6 nitrogen and oxygen atoms in total. The Kier molecular flexibility index (Phi) is 2.58. The summed E-state index contributed by atoms with van der Waals surface area (Å²) in [7, 11) is 0. The summed E-state index contributed by atoms with van der Waals surface area (Å²) >= 11 is 0. The molecule has 1 aliphatic carbocycles. The molecule has 2 fully saturated rings. The zero-order valence-corrected chi connectivity index (χ0v) is 9.50. The van der Waals surface area contributed by atoms with Gasteiger partial charge in [-0.1, -0.05) is 5.16 Å². The molecule has 0 spiro atoms. The summed E-state index contributed by atoms with van der Waals surface area (Å²) in [6, 6.07) is -0.391. The first-order valence-corrected chi connectivity index (χ1v) is 6.03. The Labute approximate surface area is 98.6 Å². The fourth-order valence-electron chi connectivity index (χ4n) is 2.30. The van der Waals surface area contributed by atoms with Crippen molar-refractivity contribution in [2.24, 2.45) is 0 Å². The van der Waals surface area contributed by atoms with Gasteiger partial charge >= 0.3 is 5.97 Å². The third-order valence-electron chi connectivity index (χ3n) is 3.40. The zero-order chi connectivity index (χ0) is 11.8. The van der Waals surface area contributed by atoms with Crippen LogP contribution in [0.25, 0.3) is 0 Å². The zero-order valence-electron chi connectivity index (χ0n) is 9.50. The van der Waals surface area contributed by atoms with Gasteiger partial charge in [-0.2, -0.15) is 4.98 Å². The van der Waals surface area contributed by atoms with E-state index in [-0.39, 0.29) is 0 Å². The molecule has 1 unspecified atom stereocenters. The van der Waals surface area contributed by atoms with E-state index in [0.29, 0.717) is 30.6 Å². The lowest BCUT2D eigenvalue weighted by Gasteiger charge is -2.18. The third kappa shape index (κ3) is 2.17. The maximum Gasteiger partial charge on any atom is 0.320 e. The predicted molar refractivity (Wildman–Crippen MR) is 57.3 cm³/mol. The number of carboxylic acid groups (broad SMARTS) is 1. The molecule has 0 amide bonds. The molecule has 2 heterocycles. The Morgan fingerprint density at radius 3 is 3.00 bits per heavy atom. The van der Waals surface area contributed by atoms with E-state index in [9.17, 15) is 4.79 Å². The first-order valence-electron chi connectivity index (χ1n) is 6.03. The monoisotopic (exact) mass is 237 g/mol. The molecule has 2 aliphatic rings. The maximum absolute atomic E-state index is 11.0. The van der Waals surface area contributed by atoms with Gasteiger partial charge in [-0.25, -0.2) is 0 Å². The second-order valence-corrected chi connectivity index (χ2v) is 4.79. The molecule has 1 N–H and O–H groups in total. The molecule has 0 bridgehead atoms. The summed E-state index contributed by atoms with van der Waals surface area (Å²) in [5, 5.41) is 13.0. The van der Waals surface area contributed by atoms with Gasteiger partial charge in [-0.15, -0.1) is 0 Å².